The molecule has 1 aromatic carbocycles. The van der Waals surface area contributed by atoms with E-state index in [1.165, 1.54) is 24.4 Å². The fourth-order valence-electron chi connectivity index (χ4n) is 3.88. The van der Waals surface area contributed by atoms with Crippen LogP contribution in [0.4, 0.5) is 0 Å². The summed E-state index contributed by atoms with van der Waals surface area (Å²) in [5.74, 6) is 3.49. The molecule has 1 aliphatic carbocycles. The molecule has 0 spiro atoms. The molecule has 2 fully saturated rings. The number of nitrogens with zero attached hydrogens (tertiary/aromatic N) is 3. The zero-order valence-electron chi connectivity index (χ0n) is 15.6. The first-order valence-corrected chi connectivity index (χ1v) is 9.61. The standard InChI is InChI=1S/C21H27N3O2/c1-15-13-22-20(17-3-4-17)24(15)14-16-9-11-23(12-10-16)21(25)18-5-7-19(26-2)8-6-18/h5-8,13,16-17H,3-4,9-12,14H2,1-2H3. The maximum Gasteiger partial charge on any atom is 0.253 e. The first kappa shape index (κ1) is 17.1. The lowest BCUT2D eigenvalue weighted by atomic mass is 9.96. The minimum Gasteiger partial charge on any atom is -0.497 e. The zero-order chi connectivity index (χ0) is 18.1. The summed E-state index contributed by atoms with van der Waals surface area (Å²) in [5, 5.41) is 0. The SMILES string of the molecule is COc1ccc(C(=O)N2CCC(Cn3c(C)cnc3C3CC3)CC2)cc1. The maximum atomic E-state index is 12.7. The van der Waals surface area contributed by atoms with Crippen LogP contribution in [0.15, 0.2) is 30.5 Å². The number of benzene rings is 1. The molecule has 4 rings (SSSR count). The Morgan fingerprint density at radius 2 is 1.85 bits per heavy atom. The Kier molecular flexibility index (Phi) is 4.70. The number of hydrogen-bond acceptors (Lipinski definition) is 3. The van der Waals surface area contributed by atoms with Gasteiger partial charge < -0.3 is 14.2 Å². The van der Waals surface area contributed by atoms with Crippen molar-refractivity contribution in [3.8, 4) is 5.75 Å². The van der Waals surface area contributed by atoms with E-state index in [1.54, 1.807) is 7.11 Å². The average Bonchev–Trinajstić information content (AvgIpc) is 3.46. The van der Waals surface area contributed by atoms with E-state index in [9.17, 15) is 4.79 Å². The first-order valence-electron chi connectivity index (χ1n) is 9.61. The second kappa shape index (κ2) is 7.14. The lowest BCUT2D eigenvalue weighted by molar-refractivity contribution is 0.0682. The molecule has 0 N–H and O–H groups in total. The molecule has 5 heteroatoms. The fourth-order valence-corrected chi connectivity index (χ4v) is 3.88. The fraction of sp³-hybridized carbons (Fsp3) is 0.524. The van der Waals surface area contributed by atoms with Crippen molar-refractivity contribution in [2.24, 2.45) is 5.92 Å². The number of likely N-dealkylation sites (tertiary alicyclic amines) is 1. The number of ether oxygens (including phenoxy) is 1. The molecule has 138 valence electrons. The number of aromatic nitrogens is 2. The van der Waals surface area contributed by atoms with E-state index in [-0.39, 0.29) is 5.91 Å². The van der Waals surface area contributed by atoms with Crippen molar-refractivity contribution in [2.75, 3.05) is 20.2 Å². The quantitative estimate of drug-likeness (QED) is 0.825. The number of amides is 1. The molecule has 0 bridgehead atoms. The highest BCUT2D eigenvalue weighted by molar-refractivity contribution is 5.94. The van der Waals surface area contributed by atoms with E-state index in [0.29, 0.717) is 11.8 Å². The molecule has 1 amide bonds. The highest BCUT2D eigenvalue weighted by Gasteiger charge is 2.30. The van der Waals surface area contributed by atoms with Crippen LogP contribution < -0.4 is 4.74 Å². The van der Waals surface area contributed by atoms with Crippen molar-refractivity contribution >= 4 is 5.91 Å². The summed E-state index contributed by atoms with van der Waals surface area (Å²) in [5.41, 5.74) is 2.01. The van der Waals surface area contributed by atoms with Gasteiger partial charge in [-0.05, 0) is 62.8 Å². The summed E-state index contributed by atoms with van der Waals surface area (Å²) in [7, 11) is 1.64. The monoisotopic (exact) mass is 353 g/mol. The number of rotatable bonds is 5. The van der Waals surface area contributed by atoms with E-state index in [2.05, 4.69) is 16.5 Å². The van der Waals surface area contributed by atoms with Crippen LogP contribution in [0.5, 0.6) is 5.75 Å². The average molecular weight is 353 g/mol. The molecule has 1 aromatic heterocycles. The van der Waals surface area contributed by atoms with Gasteiger partial charge >= 0.3 is 0 Å². The number of methoxy groups -OCH3 is 1. The predicted molar refractivity (Wildman–Crippen MR) is 101 cm³/mol. The van der Waals surface area contributed by atoms with E-state index in [1.807, 2.05) is 35.4 Å². The summed E-state index contributed by atoms with van der Waals surface area (Å²) in [6, 6.07) is 7.40. The lowest BCUT2D eigenvalue weighted by Gasteiger charge is -2.32. The van der Waals surface area contributed by atoms with Gasteiger partial charge in [0.25, 0.3) is 5.91 Å². The van der Waals surface area contributed by atoms with Crippen molar-refractivity contribution in [3.05, 3.63) is 47.5 Å². The normalized spacial score (nSPS) is 18.2. The second-order valence-electron chi connectivity index (χ2n) is 7.61. The van der Waals surface area contributed by atoms with E-state index in [0.717, 1.165) is 43.8 Å². The highest BCUT2D eigenvalue weighted by Crippen LogP contribution is 2.40. The molecule has 1 saturated carbocycles. The number of aryl methyl sites for hydroxylation is 1. The topological polar surface area (TPSA) is 47.4 Å². The van der Waals surface area contributed by atoms with Crippen molar-refractivity contribution in [3.63, 3.8) is 0 Å². The second-order valence-corrected chi connectivity index (χ2v) is 7.61. The Morgan fingerprint density at radius 1 is 1.15 bits per heavy atom. The molecule has 1 saturated heterocycles. The largest absolute Gasteiger partial charge is 0.497 e. The van der Waals surface area contributed by atoms with Gasteiger partial charge in [-0.2, -0.15) is 0 Å². The molecule has 5 nitrogen and oxygen atoms in total. The van der Waals surface area contributed by atoms with Gasteiger partial charge in [-0.1, -0.05) is 0 Å². The summed E-state index contributed by atoms with van der Waals surface area (Å²) in [6.07, 6.45) is 6.69. The molecule has 2 aromatic rings. The van der Waals surface area contributed by atoms with Crippen LogP contribution in [-0.4, -0.2) is 40.6 Å². The first-order chi connectivity index (χ1) is 12.7. The number of carbonyl (C=O) groups is 1. The number of imidazole rings is 1. The van der Waals surface area contributed by atoms with E-state index < -0.39 is 0 Å². The zero-order valence-corrected chi connectivity index (χ0v) is 15.6. The highest BCUT2D eigenvalue weighted by atomic mass is 16.5. The van der Waals surface area contributed by atoms with Crippen LogP contribution >= 0.6 is 0 Å². The molecule has 2 heterocycles. The molecular weight excluding hydrogens is 326 g/mol. The molecule has 0 radical (unpaired) electrons. The van der Waals surface area contributed by atoms with Crippen LogP contribution in [0.3, 0.4) is 0 Å². The molecule has 1 aliphatic heterocycles. The van der Waals surface area contributed by atoms with E-state index in [4.69, 9.17) is 4.74 Å². The Labute approximate surface area is 155 Å². The van der Waals surface area contributed by atoms with Gasteiger partial charge in [0.2, 0.25) is 0 Å². The summed E-state index contributed by atoms with van der Waals surface area (Å²) >= 11 is 0. The van der Waals surface area contributed by atoms with Crippen LogP contribution in [0.2, 0.25) is 0 Å². The van der Waals surface area contributed by atoms with Gasteiger partial charge in [-0.25, -0.2) is 4.98 Å². The number of hydrogen-bond donors (Lipinski definition) is 0. The third kappa shape index (κ3) is 3.48. The third-order valence-electron chi connectivity index (χ3n) is 5.71. The summed E-state index contributed by atoms with van der Waals surface area (Å²) < 4.78 is 7.59. The number of carbonyl (C=O) groups excluding carboxylic acids is 1. The summed E-state index contributed by atoms with van der Waals surface area (Å²) in [4.78, 5) is 19.3. The molecule has 0 unspecified atom stereocenters. The van der Waals surface area contributed by atoms with Crippen LogP contribution in [0, 0.1) is 12.8 Å². The molecule has 26 heavy (non-hydrogen) atoms. The predicted octanol–water partition coefficient (Wildman–Crippen LogP) is 3.63. The Morgan fingerprint density at radius 3 is 2.46 bits per heavy atom. The minimum atomic E-state index is 0.128. The van der Waals surface area contributed by atoms with Crippen LogP contribution in [-0.2, 0) is 6.54 Å². The van der Waals surface area contributed by atoms with Crippen LogP contribution in [0.1, 0.15) is 53.5 Å². The van der Waals surface area contributed by atoms with Gasteiger partial charge in [0.15, 0.2) is 0 Å². The van der Waals surface area contributed by atoms with Crippen molar-refractivity contribution in [1.29, 1.82) is 0 Å². The van der Waals surface area contributed by atoms with Crippen molar-refractivity contribution < 1.29 is 9.53 Å². The smallest absolute Gasteiger partial charge is 0.253 e. The van der Waals surface area contributed by atoms with Gasteiger partial charge in [-0.3, -0.25) is 4.79 Å². The van der Waals surface area contributed by atoms with Gasteiger partial charge in [0.05, 0.1) is 7.11 Å². The van der Waals surface area contributed by atoms with E-state index >= 15 is 0 Å². The van der Waals surface area contributed by atoms with Gasteiger partial charge in [0, 0.05) is 43.0 Å². The maximum absolute atomic E-state index is 12.7. The van der Waals surface area contributed by atoms with Crippen molar-refractivity contribution in [1.82, 2.24) is 14.5 Å². The van der Waals surface area contributed by atoms with Gasteiger partial charge in [-0.15, -0.1) is 0 Å². The van der Waals surface area contributed by atoms with Crippen molar-refractivity contribution in [2.45, 2.75) is 45.1 Å². The Bertz CT molecular complexity index is 769. The Balaban J connectivity index is 1.35. The number of piperidine rings is 1. The molecule has 2 aliphatic rings. The minimum absolute atomic E-state index is 0.128. The van der Waals surface area contributed by atoms with Crippen LogP contribution in [0.25, 0.3) is 0 Å². The third-order valence-corrected chi connectivity index (χ3v) is 5.71. The summed E-state index contributed by atoms with van der Waals surface area (Å²) in [6.45, 7) is 4.87. The molecular formula is C21H27N3O2. The Hall–Kier alpha value is -2.30. The lowest BCUT2D eigenvalue weighted by Crippen LogP contribution is -2.39. The van der Waals surface area contributed by atoms with Gasteiger partial charge in [0.1, 0.15) is 11.6 Å². The molecule has 0 atom stereocenters.